The minimum absolute atomic E-state index is 0.0180. The zero-order valence-electron chi connectivity index (χ0n) is 17.0. The van der Waals surface area contributed by atoms with Crippen LogP contribution in [0.15, 0.2) is 48.5 Å². The molecule has 6 heteroatoms. The van der Waals surface area contributed by atoms with Gasteiger partial charge >= 0.3 is 0 Å². The second-order valence-electron chi connectivity index (χ2n) is 7.33. The quantitative estimate of drug-likeness (QED) is 0.690. The summed E-state index contributed by atoms with van der Waals surface area (Å²) < 4.78 is 5.75. The first-order chi connectivity index (χ1) is 13.3. The molecule has 6 nitrogen and oxygen atoms in total. The molecule has 0 spiro atoms. The molecule has 0 bridgehead atoms. The van der Waals surface area contributed by atoms with Gasteiger partial charge in [-0.25, -0.2) is 0 Å². The van der Waals surface area contributed by atoms with Gasteiger partial charge in [0.15, 0.2) is 0 Å². The van der Waals surface area contributed by atoms with Gasteiger partial charge in [0.1, 0.15) is 12.4 Å². The van der Waals surface area contributed by atoms with Crippen LogP contribution in [-0.2, 0) is 4.79 Å². The number of likely N-dealkylation sites (N-methyl/N-ethyl adjacent to an activating group) is 1. The second-order valence-corrected chi connectivity index (χ2v) is 7.33. The monoisotopic (exact) mass is 383 g/mol. The van der Waals surface area contributed by atoms with Gasteiger partial charge in [0, 0.05) is 24.3 Å². The topological polar surface area (TPSA) is 70.7 Å². The first-order valence-corrected chi connectivity index (χ1v) is 9.43. The van der Waals surface area contributed by atoms with E-state index in [2.05, 4.69) is 10.6 Å². The van der Waals surface area contributed by atoms with Gasteiger partial charge in [0.05, 0.1) is 5.56 Å². The third-order valence-corrected chi connectivity index (χ3v) is 3.95. The zero-order chi connectivity index (χ0) is 20.5. The number of nitrogens with zero attached hydrogens (tertiary/aromatic N) is 1. The predicted molar refractivity (Wildman–Crippen MR) is 113 cm³/mol. The number of hydrogen-bond acceptors (Lipinski definition) is 4. The Morgan fingerprint density at radius 1 is 0.964 bits per heavy atom. The summed E-state index contributed by atoms with van der Waals surface area (Å²) in [5, 5.41) is 5.72. The van der Waals surface area contributed by atoms with E-state index in [0.717, 1.165) is 6.54 Å². The minimum Gasteiger partial charge on any atom is -0.491 e. The summed E-state index contributed by atoms with van der Waals surface area (Å²) in [5.74, 6) is 0.602. The Balaban J connectivity index is 1.98. The number of rotatable bonds is 9. The molecule has 150 valence electrons. The van der Waals surface area contributed by atoms with Crippen molar-refractivity contribution >= 4 is 23.2 Å². The molecule has 0 unspecified atom stereocenters. The zero-order valence-corrected chi connectivity index (χ0v) is 17.0. The van der Waals surface area contributed by atoms with E-state index >= 15 is 0 Å². The van der Waals surface area contributed by atoms with Crippen LogP contribution in [0.1, 0.15) is 30.6 Å². The van der Waals surface area contributed by atoms with Gasteiger partial charge in [0.25, 0.3) is 5.91 Å². The van der Waals surface area contributed by atoms with E-state index in [1.807, 2.05) is 38.9 Å². The van der Waals surface area contributed by atoms with E-state index < -0.39 is 0 Å². The highest BCUT2D eigenvalue weighted by Gasteiger charge is 2.13. The molecule has 2 rings (SSSR count). The first-order valence-electron chi connectivity index (χ1n) is 9.43. The molecule has 2 amide bonds. The highest BCUT2D eigenvalue weighted by Crippen LogP contribution is 2.21. The van der Waals surface area contributed by atoms with Crippen molar-refractivity contribution in [3.63, 3.8) is 0 Å². The number of amides is 2. The van der Waals surface area contributed by atoms with Crippen LogP contribution in [0.25, 0.3) is 0 Å². The summed E-state index contributed by atoms with van der Waals surface area (Å²) >= 11 is 0. The smallest absolute Gasteiger partial charge is 0.259 e. The van der Waals surface area contributed by atoms with Gasteiger partial charge in [-0.05, 0) is 56.4 Å². The van der Waals surface area contributed by atoms with Gasteiger partial charge in [-0.15, -0.1) is 0 Å². The highest BCUT2D eigenvalue weighted by molar-refractivity contribution is 6.06. The summed E-state index contributed by atoms with van der Waals surface area (Å²) in [7, 11) is 3.94. The van der Waals surface area contributed by atoms with Crippen LogP contribution in [0.3, 0.4) is 0 Å². The fraction of sp³-hybridized carbons (Fsp3) is 0.364. The maximum atomic E-state index is 12.6. The van der Waals surface area contributed by atoms with Gasteiger partial charge in [-0.1, -0.05) is 26.0 Å². The molecule has 28 heavy (non-hydrogen) atoms. The lowest BCUT2D eigenvalue weighted by molar-refractivity contribution is -0.116. The lowest BCUT2D eigenvalue weighted by Gasteiger charge is -2.14. The summed E-state index contributed by atoms with van der Waals surface area (Å²) in [4.78, 5) is 26.5. The molecule has 0 heterocycles. The fourth-order valence-electron chi connectivity index (χ4n) is 2.54. The first kappa shape index (κ1) is 21.4. The molecule has 0 aromatic heterocycles. The molecule has 2 aromatic rings. The average Bonchev–Trinajstić information content (AvgIpc) is 2.62. The molecule has 0 fully saturated rings. The molecule has 2 aromatic carbocycles. The Morgan fingerprint density at radius 3 is 2.18 bits per heavy atom. The summed E-state index contributed by atoms with van der Waals surface area (Å²) in [6.45, 7) is 5.27. The van der Waals surface area contributed by atoms with Crippen LogP contribution in [0.4, 0.5) is 11.4 Å². The number of hydrogen-bond donors (Lipinski definition) is 2. The number of carbonyl (C=O) groups is 2. The number of anilines is 2. The van der Waals surface area contributed by atoms with E-state index in [1.54, 1.807) is 42.5 Å². The number of nitrogens with one attached hydrogen (secondary N) is 2. The molecule has 2 N–H and O–H groups in total. The standard InChI is InChI=1S/C22H29N3O3/c1-16(2)15-21(26)23-17-9-11-18(12-10-17)24-22(27)19-7-5-6-8-20(19)28-14-13-25(3)4/h5-12,16H,13-15H2,1-4H3,(H,23,26)(H,24,27). The van der Waals surface area contributed by atoms with Crippen LogP contribution in [0, 0.1) is 5.92 Å². The van der Waals surface area contributed by atoms with E-state index in [4.69, 9.17) is 4.74 Å². The summed E-state index contributed by atoms with van der Waals surface area (Å²) in [5.41, 5.74) is 1.83. The van der Waals surface area contributed by atoms with E-state index in [1.165, 1.54) is 0 Å². The van der Waals surface area contributed by atoms with Gasteiger partial charge in [0.2, 0.25) is 5.91 Å². The van der Waals surface area contributed by atoms with E-state index in [9.17, 15) is 9.59 Å². The van der Waals surface area contributed by atoms with Crippen LogP contribution < -0.4 is 15.4 Å². The van der Waals surface area contributed by atoms with Gasteiger partial charge in [-0.3, -0.25) is 9.59 Å². The van der Waals surface area contributed by atoms with Crippen molar-refractivity contribution in [1.29, 1.82) is 0 Å². The summed E-state index contributed by atoms with van der Waals surface area (Å²) in [6.07, 6.45) is 0.475. The van der Waals surface area contributed by atoms with Crippen molar-refractivity contribution in [2.75, 3.05) is 37.9 Å². The van der Waals surface area contributed by atoms with E-state index in [0.29, 0.717) is 41.6 Å². The molecule has 0 saturated heterocycles. The van der Waals surface area contributed by atoms with Crippen molar-refractivity contribution in [3.8, 4) is 5.75 Å². The minimum atomic E-state index is -0.239. The Labute approximate surface area is 166 Å². The highest BCUT2D eigenvalue weighted by atomic mass is 16.5. The molecular formula is C22H29N3O3. The Hall–Kier alpha value is -2.86. The normalized spacial score (nSPS) is 10.8. The third-order valence-electron chi connectivity index (χ3n) is 3.95. The molecule has 0 saturated carbocycles. The SMILES string of the molecule is CC(C)CC(=O)Nc1ccc(NC(=O)c2ccccc2OCCN(C)C)cc1. The largest absolute Gasteiger partial charge is 0.491 e. The predicted octanol–water partition coefficient (Wildman–Crippen LogP) is 3.86. The molecule has 0 radical (unpaired) electrons. The van der Waals surface area contributed by atoms with Gasteiger partial charge < -0.3 is 20.3 Å². The van der Waals surface area contributed by atoms with Gasteiger partial charge in [-0.2, -0.15) is 0 Å². The second kappa shape index (κ2) is 10.5. The molecule has 0 aliphatic carbocycles. The molecular weight excluding hydrogens is 354 g/mol. The Morgan fingerprint density at radius 2 is 1.57 bits per heavy atom. The maximum absolute atomic E-state index is 12.6. The van der Waals surface area contributed by atoms with Crippen molar-refractivity contribution < 1.29 is 14.3 Å². The Bertz CT molecular complexity index is 786. The van der Waals surface area contributed by atoms with Crippen LogP contribution in [0.2, 0.25) is 0 Å². The van der Waals surface area contributed by atoms with Crippen molar-refractivity contribution in [3.05, 3.63) is 54.1 Å². The lowest BCUT2D eigenvalue weighted by Crippen LogP contribution is -2.20. The maximum Gasteiger partial charge on any atom is 0.259 e. The van der Waals surface area contributed by atoms with Crippen LogP contribution in [0.5, 0.6) is 5.75 Å². The average molecular weight is 383 g/mol. The number of para-hydroxylation sites is 1. The fourth-order valence-corrected chi connectivity index (χ4v) is 2.54. The van der Waals surface area contributed by atoms with E-state index in [-0.39, 0.29) is 11.8 Å². The van der Waals surface area contributed by atoms with Crippen LogP contribution >= 0.6 is 0 Å². The molecule has 0 aliphatic rings. The van der Waals surface area contributed by atoms with Crippen molar-refractivity contribution in [2.45, 2.75) is 20.3 Å². The Kier molecular flexibility index (Phi) is 8.02. The van der Waals surface area contributed by atoms with Crippen molar-refractivity contribution in [2.24, 2.45) is 5.92 Å². The van der Waals surface area contributed by atoms with Crippen molar-refractivity contribution in [1.82, 2.24) is 4.90 Å². The number of carbonyl (C=O) groups excluding carboxylic acids is 2. The molecule has 0 aliphatic heterocycles. The van der Waals surface area contributed by atoms with Crippen LogP contribution in [-0.4, -0.2) is 44.0 Å². The summed E-state index contributed by atoms with van der Waals surface area (Å²) in [6, 6.07) is 14.2. The third kappa shape index (κ3) is 7.04. The number of benzene rings is 2. The lowest BCUT2D eigenvalue weighted by atomic mass is 10.1. The number of ether oxygens (including phenoxy) is 1. The molecule has 0 atom stereocenters.